The van der Waals surface area contributed by atoms with Crippen molar-refractivity contribution in [1.29, 1.82) is 0 Å². The van der Waals surface area contributed by atoms with Crippen LogP contribution in [-0.2, 0) is 0 Å². The average molecular weight is 280 g/mol. The summed E-state index contributed by atoms with van der Waals surface area (Å²) in [7, 11) is 1.39. The molecule has 0 spiro atoms. The second-order valence-corrected chi connectivity index (χ2v) is 4.66. The Kier molecular flexibility index (Phi) is 4.07. The molecule has 1 aliphatic rings. The predicted molar refractivity (Wildman–Crippen MR) is 72.7 cm³/mol. The monoisotopic (exact) mass is 280 g/mol. The van der Waals surface area contributed by atoms with Crippen LogP contribution in [0.25, 0.3) is 0 Å². The summed E-state index contributed by atoms with van der Waals surface area (Å²) in [6.07, 6.45) is 3.02. The zero-order valence-electron chi connectivity index (χ0n) is 11.2. The molecule has 0 radical (unpaired) electrons. The summed E-state index contributed by atoms with van der Waals surface area (Å²) >= 11 is 0. The normalized spacial score (nSPS) is 14.9. The third kappa shape index (κ3) is 2.66. The Labute approximate surface area is 115 Å². The molecule has 0 amide bonds. The van der Waals surface area contributed by atoms with Gasteiger partial charge < -0.3 is 14.7 Å². The van der Waals surface area contributed by atoms with Crippen LogP contribution in [0.1, 0.15) is 29.6 Å². The van der Waals surface area contributed by atoms with E-state index in [0.29, 0.717) is 18.8 Å². The second-order valence-electron chi connectivity index (χ2n) is 4.66. The van der Waals surface area contributed by atoms with Crippen LogP contribution in [0.15, 0.2) is 12.1 Å². The number of anilines is 1. The van der Waals surface area contributed by atoms with Gasteiger partial charge in [-0.3, -0.25) is 10.1 Å². The molecule has 7 heteroatoms. The van der Waals surface area contributed by atoms with Gasteiger partial charge in [-0.15, -0.1) is 0 Å². The number of ether oxygens (including phenoxy) is 1. The van der Waals surface area contributed by atoms with Gasteiger partial charge in [0.25, 0.3) is 5.69 Å². The summed E-state index contributed by atoms with van der Waals surface area (Å²) in [6.45, 7) is 1.42. The van der Waals surface area contributed by atoms with E-state index in [0.717, 1.165) is 25.3 Å². The molecule has 0 unspecified atom stereocenters. The van der Waals surface area contributed by atoms with Crippen LogP contribution in [-0.4, -0.2) is 36.2 Å². The maximum Gasteiger partial charge on any atom is 0.336 e. The minimum atomic E-state index is -1.21. The highest BCUT2D eigenvalue weighted by Gasteiger charge is 2.27. The fourth-order valence-electron chi connectivity index (χ4n) is 2.45. The van der Waals surface area contributed by atoms with Crippen LogP contribution in [0.2, 0.25) is 0 Å². The lowest BCUT2D eigenvalue weighted by Gasteiger charge is -2.29. The van der Waals surface area contributed by atoms with Crippen molar-refractivity contribution in [2.24, 2.45) is 0 Å². The smallest absolute Gasteiger partial charge is 0.336 e. The minimum absolute atomic E-state index is 0.144. The van der Waals surface area contributed by atoms with E-state index in [4.69, 9.17) is 9.84 Å². The highest BCUT2D eigenvalue weighted by Crippen LogP contribution is 2.40. The van der Waals surface area contributed by atoms with E-state index in [-0.39, 0.29) is 17.0 Å². The number of hydrogen-bond acceptors (Lipinski definition) is 5. The van der Waals surface area contributed by atoms with E-state index >= 15 is 0 Å². The number of carbonyl (C=O) groups is 1. The van der Waals surface area contributed by atoms with Gasteiger partial charge in [-0.05, 0) is 25.3 Å². The summed E-state index contributed by atoms with van der Waals surface area (Å²) in [5.41, 5.74) is 0.0140. The van der Waals surface area contributed by atoms with Gasteiger partial charge in [-0.1, -0.05) is 0 Å². The molecule has 20 heavy (non-hydrogen) atoms. The first-order valence-electron chi connectivity index (χ1n) is 6.39. The number of piperidine rings is 1. The van der Waals surface area contributed by atoms with Gasteiger partial charge in [-0.25, -0.2) is 4.79 Å². The first-order chi connectivity index (χ1) is 9.54. The Morgan fingerprint density at radius 1 is 1.35 bits per heavy atom. The Hall–Kier alpha value is -2.31. The molecule has 2 rings (SSSR count). The zero-order valence-corrected chi connectivity index (χ0v) is 11.2. The van der Waals surface area contributed by atoms with E-state index in [9.17, 15) is 14.9 Å². The Bertz CT molecular complexity index is 538. The largest absolute Gasteiger partial charge is 0.494 e. The van der Waals surface area contributed by atoms with Crippen LogP contribution in [0.5, 0.6) is 5.75 Å². The van der Waals surface area contributed by atoms with Gasteiger partial charge in [0.05, 0.1) is 17.6 Å². The van der Waals surface area contributed by atoms with E-state index in [1.54, 1.807) is 0 Å². The van der Waals surface area contributed by atoms with Crippen molar-refractivity contribution >= 4 is 17.3 Å². The molecule has 1 heterocycles. The van der Waals surface area contributed by atoms with Crippen molar-refractivity contribution in [2.45, 2.75) is 19.3 Å². The summed E-state index contributed by atoms with van der Waals surface area (Å²) in [6, 6.07) is 2.42. The third-order valence-corrected chi connectivity index (χ3v) is 3.39. The van der Waals surface area contributed by atoms with Crippen molar-refractivity contribution in [3.8, 4) is 5.75 Å². The van der Waals surface area contributed by atoms with E-state index in [2.05, 4.69) is 0 Å². The van der Waals surface area contributed by atoms with Crippen molar-refractivity contribution < 1.29 is 19.6 Å². The quantitative estimate of drug-likeness (QED) is 0.672. The molecule has 7 nitrogen and oxygen atoms in total. The number of aromatic carboxylic acids is 1. The minimum Gasteiger partial charge on any atom is -0.494 e. The van der Waals surface area contributed by atoms with Crippen LogP contribution in [0.3, 0.4) is 0 Å². The third-order valence-electron chi connectivity index (χ3n) is 3.39. The molecule has 0 saturated carbocycles. The molecule has 0 atom stereocenters. The number of methoxy groups -OCH3 is 1. The molecule has 1 N–H and O–H groups in total. The maximum atomic E-state index is 11.2. The van der Waals surface area contributed by atoms with Gasteiger partial charge in [0.15, 0.2) is 5.69 Å². The first-order valence-corrected chi connectivity index (χ1v) is 6.39. The number of carboxylic acid groups (broad SMARTS) is 1. The fourth-order valence-corrected chi connectivity index (χ4v) is 2.45. The predicted octanol–water partition coefficient (Wildman–Crippen LogP) is 2.29. The molecule has 108 valence electrons. The summed E-state index contributed by atoms with van der Waals surface area (Å²) in [4.78, 5) is 23.6. The molecule has 1 aromatic carbocycles. The van der Waals surface area contributed by atoms with Crippen LogP contribution >= 0.6 is 0 Å². The summed E-state index contributed by atoms with van der Waals surface area (Å²) in [5.74, 6) is -0.977. The van der Waals surface area contributed by atoms with Crippen LogP contribution < -0.4 is 9.64 Å². The second kappa shape index (κ2) is 5.77. The maximum absolute atomic E-state index is 11.2. The lowest BCUT2D eigenvalue weighted by atomic mass is 10.1. The number of nitro benzene ring substituents is 1. The van der Waals surface area contributed by atoms with Gasteiger partial charge >= 0.3 is 5.97 Å². The molecular formula is C13H16N2O5. The number of benzene rings is 1. The van der Waals surface area contributed by atoms with E-state index in [1.807, 2.05) is 4.90 Å². The molecule has 1 fully saturated rings. The average Bonchev–Trinajstić information content (AvgIpc) is 2.46. The number of rotatable bonds is 4. The van der Waals surface area contributed by atoms with Crippen molar-refractivity contribution in [1.82, 2.24) is 0 Å². The highest BCUT2D eigenvalue weighted by molar-refractivity contribution is 5.91. The van der Waals surface area contributed by atoms with Crippen LogP contribution in [0, 0.1) is 10.1 Å². The first kappa shape index (κ1) is 14.1. The molecule has 0 bridgehead atoms. The van der Waals surface area contributed by atoms with Gasteiger partial charge in [0.2, 0.25) is 0 Å². The molecular weight excluding hydrogens is 264 g/mol. The SMILES string of the molecule is COc1cc(C(=O)O)cc([N+](=O)[O-])c1N1CCCCC1. The van der Waals surface area contributed by atoms with E-state index in [1.165, 1.54) is 13.2 Å². The number of nitrogens with zero attached hydrogens (tertiary/aromatic N) is 2. The topological polar surface area (TPSA) is 92.9 Å². The zero-order chi connectivity index (χ0) is 14.7. The lowest BCUT2D eigenvalue weighted by molar-refractivity contribution is -0.384. The van der Waals surface area contributed by atoms with Gasteiger partial charge in [0, 0.05) is 19.2 Å². The Morgan fingerprint density at radius 2 is 2.00 bits per heavy atom. The number of carboxylic acids is 1. The standard InChI is InChI=1S/C13H16N2O5/c1-20-11-8-9(13(16)17)7-10(15(18)19)12(11)14-5-3-2-4-6-14/h7-8H,2-6H2,1H3,(H,16,17). The lowest BCUT2D eigenvalue weighted by Crippen LogP contribution is -2.30. The van der Waals surface area contributed by atoms with E-state index < -0.39 is 10.9 Å². The molecule has 1 aromatic rings. The van der Waals surface area contributed by atoms with Crippen LogP contribution in [0.4, 0.5) is 11.4 Å². The van der Waals surface area contributed by atoms with Gasteiger partial charge in [0.1, 0.15) is 5.75 Å². The molecule has 1 saturated heterocycles. The van der Waals surface area contributed by atoms with Crippen molar-refractivity contribution in [3.05, 3.63) is 27.8 Å². The number of hydrogen-bond donors (Lipinski definition) is 1. The van der Waals surface area contributed by atoms with Crippen molar-refractivity contribution in [3.63, 3.8) is 0 Å². The fraction of sp³-hybridized carbons (Fsp3) is 0.462. The summed E-state index contributed by atoms with van der Waals surface area (Å²) < 4.78 is 5.17. The number of nitro groups is 1. The molecule has 0 aliphatic carbocycles. The molecule has 1 aliphatic heterocycles. The Morgan fingerprint density at radius 3 is 2.50 bits per heavy atom. The van der Waals surface area contributed by atoms with Gasteiger partial charge in [-0.2, -0.15) is 0 Å². The Balaban J connectivity index is 2.56. The van der Waals surface area contributed by atoms with Crippen molar-refractivity contribution in [2.75, 3.05) is 25.1 Å². The summed E-state index contributed by atoms with van der Waals surface area (Å²) in [5, 5.41) is 20.3. The highest BCUT2D eigenvalue weighted by atomic mass is 16.6. The molecule has 0 aromatic heterocycles.